The van der Waals surface area contributed by atoms with E-state index in [0.717, 1.165) is 12.8 Å². The molecule has 18 heavy (non-hydrogen) atoms. The molecule has 2 rings (SSSR count). The van der Waals surface area contributed by atoms with Gasteiger partial charge in [-0.1, -0.05) is 0 Å². The molecule has 1 aliphatic carbocycles. The molecule has 1 aromatic rings. The van der Waals surface area contributed by atoms with Crippen LogP contribution in [0.1, 0.15) is 12.8 Å². The minimum Gasteiger partial charge on any atom is -0.367 e. The van der Waals surface area contributed by atoms with Gasteiger partial charge in [0.1, 0.15) is 12.9 Å². The van der Waals surface area contributed by atoms with Crippen molar-refractivity contribution < 1.29 is 9.59 Å². The molecule has 0 spiro atoms. The summed E-state index contributed by atoms with van der Waals surface area (Å²) in [4.78, 5) is 26.5. The van der Waals surface area contributed by atoms with Crippen LogP contribution < -0.4 is 16.4 Å². The van der Waals surface area contributed by atoms with Gasteiger partial charge in [-0.2, -0.15) is 0 Å². The molecule has 1 aromatic heterocycles. The number of rotatable bonds is 6. The van der Waals surface area contributed by atoms with Crippen molar-refractivity contribution in [3.05, 3.63) is 6.33 Å². The summed E-state index contributed by atoms with van der Waals surface area (Å²) in [6, 6.07) is 0. The molecule has 4 N–H and O–H groups in total. The lowest BCUT2D eigenvalue weighted by molar-refractivity contribution is -0.123. The predicted octanol–water partition coefficient (Wildman–Crippen LogP) is -1.50. The smallest absolute Gasteiger partial charge is 0.241 e. The summed E-state index contributed by atoms with van der Waals surface area (Å²) in [6.07, 6.45) is 3.35. The summed E-state index contributed by atoms with van der Waals surface area (Å²) in [5, 5.41) is 9.22. The Kier molecular flexibility index (Phi) is 3.75. The van der Waals surface area contributed by atoms with E-state index in [1.807, 2.05) is 0 Å². The Morgan fingerprint density at radius 2 is 2.11 bits per heavy atom. The second kappa shape index (κ2) is 5.48. The van der Waals surface area contributed by atoms with Crippen molar-refractivity contribution >= 4 is 17.8 Å². The number of amides is 2. The van der Waals surface area contributed by atoms with Crippen LogP contribution in [-0.4, -0.2) is 39.7 Å². The van der Waals surface area contributed by atoms with Gasteiger partial charge >= 0.3 is 0 Å². The van der Waals surface area contributed by atoms with Crippen LogP contribution in [0.4, 0.5) is 5.95 Å². The van der Waals surface area contributed by atoms with Gasteiger partial charge in [-0.05, 0) is 12.8 Å². The maximum absolute atomic E-state index is 11.5. The SMILES string of the molecule is Nc1ncn(CC(=O)NCCNC(=O)C2CC2)n1. The van der Waals surface area contributed by atoms with Crippen LogP contribution >= 0.6 is 0 Å². The summed E-state index contributed by atoms with van der Waals surface area (Å²) in [7, 11) is 0. The van der Waals surface area contributed by atoms with Crippen LogP contribution in [0.25, 0.3) is 0 Å². The second-order valence-electron chi connectivity index (χ2n) is 4.22. The quantitative estimate of drug-likeness (QED) is 0.533. The molecule has 0 unspecified atom stereocenters. The fourth-order valence-corrected chi connectivity index (χ4v) is 1.47. The number of nitrogens with two attached hydrogens (primary N) is 1. The normalized spacial score (nSPS) is 14.2. The number of aromatic nitrogens is 3. The van der Waals surface area contributed by atoms with E-state index in [-0.39, 0.29) is 30.2 Å². The Labute approximate surface area is 104 Å². The molecule has 1 saturated carbocycles. The van der Waals surface area contributed by atoms with Crippen molar-refractivity contribution in [2.24, 2.45) is 5.92 Å². The third kappa shape index (κ3) is 3.72. The molecule has 0 saturated heterocycles. The van der Waals surface area contributed by atoms with Gasteiger partial charge in [-0.15, -0.1) is 5.10 Å². The van der Waals surface area contributed by atoms with Crippen LogP contribution in [0.15, 0.2) is 6.33 Å². The van der Waals surface area contributed by atoms with E-state index in [0.29, 0.717) is 13.1 Å². The van der Waals surface area contributed by atoms with Gasteiger partial charge in [0.25, 0.3) is 0 Å². The van der Waals surface area contributed by atoms with Crippen molar-refractivity contribution in [2.75, 3.05) is 18.8 Å². The van der Waals surface area contributed by atoms with Crippen LogP contribution in [0, 0.1) is 5.92 Å². The summed E-state index contributed by atoms with van der Waals surface area (Å²) in [5.74, 6) is 0.215. The number of carbonyl (C=O) groups is 2. The standard InChI is InChI=1S/C10H16N6O2/c11-10-14-6-16(15-10)5-8(17)12-3-4-13-9(18)7-1-2-7/h6-7H,1-5H2,(H2,11,15)(H,12,17)(H,13,18). The lowest BCUT2D eigenvalue weighted by Crippen LogP contribution is -2.36. The van der Waals surface area contributed by atoms with E-state index in [1.165, 1.54) is 11.0 Å². The molecule has 0 aliphatic heterocycles. The number of nitrogen functional groups attached to an aromatic ring is 1. The number of nitrogens with one attached hydrogen (secondary N) is 2. The highest BCUT2D eigenvalue weighted by molar-refractivity contribution is 5.81. The maximum Gasteiger partial charge on any atom is 0.241 e. The van der Waals surface area contributed by atoms with Gasteiger partial charge in [0.15, 0.2) is 0 Å². The topological polar surface area (TPSA) is 115 Å². The zero-order chi connectivity index (χ0) is 13.0. The zero-order valence-corrected chi connectivity index (χ0v) is 9.93. The molecule has 0 bridgehead atoms. The summed E-state index contributed by atoms with van der Waals surface area (Å²) in [6.45, 7) is 0.919. The monoisotopic (exact) mass is 252 g/mol. The van der Waals surface area contributed by atoms with Crippen molar-refractivity contribution in [1.29, 1.82) is 0 Å². The number of anilines is 1. The molecular weight excluding hydrogens is 236 g/mol. The molecule has 2 amide bonds. The van der Waals surface area contributed by atoms with Crippen molar-refractivity contribution in [2.45, 2.75) is 19.4 Å². The summed E-state index contributed by atoms with van der Waals surface area (Å²) < 4.78 is 1.35. The van der Waals surface area contributed by atoms with E-state index < -0.39 is 0 Å². The van der Waals surface area contributed by atoms with Gasteiger partial charge in [-0.3, -0.25) is 9.59 Å². The summed E-state index contributed by atoms with van der Waals surface area (Å²) in [5.41, 5.74) is 5.32. The molecule has 8 nitrogen and oxygen atoms in total. The van der Waals surface area contributed by atoms with Crippen LogP contribution in [-0.2, 0) is 16.1 Å². The van der Waals surface area contributed by atoms with E-state index >= 15 is 0 Å². The molecular formula is C10H16N6O2. The number of hydrogen-bond donors (Lipinski definition) is 3. The van der Waals surface area contributed by atoms with Crippen molar-refractivity contribution in [3.63, 3.8) is 0 Å². The summed E-state index contributed by atoms with van der Waals surface area (Å²) >= 11 is 0. The molecule has 1 heterocycles. The Hall–Kier alpha value is -2.12. The fourth-order valence-electron chi connectivity index (χ4n) is 1.47. The average Bonchev–Trinajstić information content (AvgIpc) is 3.10. The fraction of sp³-hybridized carbons (Fsp3) is 0.600. The molecule has 1 aliphatic rings. The first-order chi connectivity index (χ1) is 8.65. The van der Waals surface area contributed by atoms with Crippen LogP contribution in [0.2, 0.25) is 0 Å². The van der Waals surface area contributed by atoms with Crippen LogP contribution in [0.3, 0.4) is 0 Å². The number of hydrogen-bond acceptors (Lipinski definition) is 5. The largest absolute Gasteiger partial charge is 0.367 e. The predicted molar refractivity (Wildman–Crippen MR) is 63.2 cm³/mol. The average molecular weight is 252 g/mol. The van der Waals surface area contributed by atoms with Gasteiger partial charge in [0.2, 0.25) is 17.8 Å². The first-order valence-corrected chi connectivity index (χ1v) is 5.84. The first kappa shape index (κ1) is 12.3. The van der Waals surface area contributed by atoms with E-state index in [1.54, 1.807) is 0 Å². The van der Waals surface area contributed by atoms with E-state index in [9.17, 15) is 9.59 Å². The van der Waals surface area contributed by atoms with E-state index in [2.05, 4.69) is 20.7 Å². The van der Waals surface area contributed by atoms with Crippen molar-refractivity contribution in [3.8, 4) is 0 Å². The maximum atomic E-state index is 11.5. The molecule has 0 aromatic carbocycles. The molecule has 98 valence electrons. The molecule has 1 fully saturated rings. The lowest BCUT2D eigenvalue weighted by atomic mass is 10.4. The lowest BCUT2D eigenvalue weighted by Gasteiger charge is -2.06. The van der Waals surface area contributed by atoms with Gasteiger partial charge in [0.05, 0.1) is 0 Å². The van der Waals surface area contributed by atoms with E-state index in [4.69, 9.17) is 5.73 Å². The minimum absolute atomic E-state index is 0.0702. The Balaban J connectivity index is 1.58. The van der Waals surface area contributed by atoms with Gasteiger partial charge in [-0.25, -0.2) is 9.67 Å². The first-order valence-electron chi connectivity index (χ1n) is 5.84. The Bertz CT molecular complexity index is 439. The van der Waals surface area contributed by atoms with Crippen LogP contribution in [0.5, 0.6) is 0 Å². The van der Waals surface area contributed by atoms with Gasteiger partial charge < -0.3 is 16.4 Å². The van der Waals surface area contributed by atoms with Gasteiger partial charge in [0, 0.05) is 19.0 Å². The minimum atomic E-state index is -0.194. The zero-order valence-electron chi connectivity index (χ0n) is 9.93. The molecule has 0 atom stereocenters. The Morgan fingerprint density at radius 3 is 2.72 bits per heavy atom. The third-order valence-electron chi connectivity index (χ3n) is 2.55. The highest BCUT2D eigenvalue weighted by atomic mass is 16.2. The number of nitrogens with zero attached hydrogens (tertiary/aromatic N) is 3. The highest BCUT2D eigenvalue weighted by Gasteiger charge is 2.28. The number of carbonyl (C=O) groups excluding carboxylic acids is 2. The third-order valence-corrected chi connectivity index (χ3v) is 2.55. The Morgan fingerprint density at radius 1 is 1.39 bits per heavy atom. The highest BCUT2D eigenvalue weighted by Crippen LogP contribution is 2.28. The molecule has 0 radical (unpaired) electrons. The van der Waals surface area contributed by atoms with Crippen molar-refractivity contribution in [1.82, 2.24) is 25.4 Å². The molecule has 8 heteroatoms. The second-order valence-corrected chi connectivity index (χ2v) is 4.22.